The smallest absolute Gasteiger partial charge is 0.131 e. The molecular formula is C61H40N4O. The topological polar surface area (TPSA) is 60.8 Å². The van der Waals surface area contributed by atoms with E-state index in [0.29, 0.717) is 0 Å². The Bertz CT molecular complexity index is 3560. The highest BCUT2D eigenvalue weighted by Gasteiger charge is 2.49. The highest BCUT2D eigenvalue weighted by molar-refractivity contribution is 6.05. The third-order valence-electron chi connectivity index (χ3n) is 13.6. The molecule has 0 bridgehead atoms. The Morgan fingerprint density at radius 2 is 0.773 bits per heavy atom. The van der Waals surface area contributed by atoms with Gasteiger partial charge in [0, 0.05) is 54.9 Å². The number of fused-ring (bicyclic) bond motifs is 8. The minimum atomic E-state index is -0.636. The lowest BCUT2D eigenvalue weighted by Crippen LogP contribution is -2.40. The van der Waals surface area contributed by atoms with Gasteiger partial charge in [-0.15, -0.1) is 0 Å². The fourth-order valence-electron chi connectivity index (χ4n) is 10.4. The summed E-state index contributed by atoms with van der Waals surface area (Å²) < 4.78 is 6.99. The standard InChI is InChI=1S/C61H40N4O/c1-5-13-39(14-6-1)51-31-25-41-21-23-43-27-33-53(64-59(43)57(41)62-51)45-29-35-55-49(37-45)61(47-17-9-3-10-18-47,48-19-11-4-12-20-48)50-38-46(30-36-56(50)66-55)54-34-28-44-24-22-42-26-32-52(40-15-7-2-8-16-40)63-58(42)60(44)65-54/h1-19,21-38,48H,20H2. The Labute approximate surface area is 382 Å². The summed E-state index contributed by atoms with van der Waals surface area (Å²) in [6.45, 7) is 0. The summed E-state index contributed by atoms with van der Waals surface area (Å²) in [6, 6.07) is 70.5. The molecule has 5 heterocycles. The number of rotatable bonds is 6. The van der Waals surface area contributed by atoms with Gasteiger partial charge in [0.2, 0.25) is 0 Å². The molecule has 0 spiro atoms. The molecule has 1 atom stereocenters. The SMILES string of the molecule is C1=CCC(C2(c3ccccc3)c3cc(-c4ccc5ccc6ccc(-c7ccccc7)nc6c5n4)ccc3Oc3ccc(-c4ccc5ccc6ccc(-c7ccccc7)nc6c5n4)cc32)C=C1. The van der Waals surface area contributed by atoms with Gasteiger partial charge in [-0.3, -0.25) is 0 Å². The van der Waals surface area contributed by atoms with Crippen molar-refractivity contribution < 1.29 is 4.74 Å². The van der Waals surface area contributed by atoms with Gasteiger partial charge >= 0.3 is 0 Å². The molecule has 0 N–H and O–H groups in total. The molecule has 1 unspecified atom stereocenters. The van der Waals surface area contributed by atoms with E-state index in [1.165, 1.54) is 5.56 Å². The summed E-state index contributed by atoms with van der Waals surface area (Å²) in [4.78, 5) is 21.2. The largest absolute Gasteiger partial charge is 0.457 e. The molecule has 0 radical (unpaired) electrons. The Morgan fingerprint density at radius 3 is 1.18 bits per heavy atom. The van der Waals surface area contributed by atoms with E-state index in [-0.39, 0.29) is 5.92 Å². The number of hydrogen-bond acceptors (Lipinski definition) is 5. The quantitative estimate of drug-likeness (QED) is 0.156. The molecule has 310 valence electrons. The van der Waals surface area contributed by atoms with Crippen LogP contribution in [0.15, 0.2) is 224 Å². The van der Waals surface area contributed by atoms with Crippen LogP contribution >= 0.6 is 0 Å². The Morgan fingerprint density at radius 1 is 0.379 bits per heavy atom. The van der Waals surface area contributed by atoms with Crippen LogP contribution in [0, 0.1) is 5.92 Å². The Kier molecular flexibility index (Phi) is 8.81. The summed E-state index contributed by atoms with van der Waals surface area (Å²) >= 11 is 0. The molecule has 1 aliphatic carbocycles. The predicted octanol–water partition coefficient (Wildman–Crippen LogP) is 15.1. The van der Waals surface area contributed by atoms with Gasteiger partial charge in [-0.1, -0.05) is 164 Å². The van der Waals surface area contributed by atoms with Crippen LogP contribution in [0.2, 0.25) is 0 Å². The van der Waals surface area contributed by atoms with E-state index in [1.807, 2.05) is 12.1 Å². The van der Waals surface area contributed by atoms with Gasteiger partial charge in [-0.25, -0.2) is 19.9 Å². The zero-order valence-corrected chi connectivity index (χ0v) is 35.8. The number of allylic oxidation sites excluding steroid dienone is 4. The van der Waals surface area contributed by atoms with Crippen LogP contribution in [-0.2, 0) is 5.41 Å². The summed E-state index contributed by atoms with van der Waals surface area (Å²) in [5.74, 6) is 1.74. The zero-order chi connectivity index (χ0) is 43.6. The highest BCUT2D eigenvalue weighted by Crippen LogP contribution is 2.58. The summed E-state index contributed by atoms with van der Waals surface area (Å²) in [5, 5.41) is 4.21. The van der Waals surface area contributed by atoms with Crippen LogP contribution in [-0.4, -0.2) is 19.9 Å². The lowest BCUT2D eigenvalue weighted by atomic mass is 9.58. The first-order valence-electron chi connectivity index (χ1n) is 22.6. The van der Waals surface area contributed by atoms with E-state index in [2.05, 4.69) is 212 Å². The van der Waals surface area contributed by atoms with Crippen molar-refractivity contribution in [2.45, 2.75) is 11.8 Å². The van der Waals surface area contributed by atoms with Gasteiger partial charge < -0.3 is 4.74 Å². The zero-order valence-electron chi connectivity index (χ0n) is 35.8. The molecule has 13 rings (SSSR count). The average Bonchev–Trinajstić information content (AvgIpc) is 3.40. The fraction of sp³-hybridized carbons (Fsp3) is 0.0492. The maximum absolute atomic E-state index is 6.99. The normalized spacial score (nSPS) is 14.9. The molecule has 5 heteroatoms. The minimum Gasteiger partial charge on any atom is -0.457 e. The van der Waals surface area contributed by atoms with Crippen molar-refractivity contribution >= 4 is 43.6 Å². The predicted molar refractivity (Wildman–Crippen MR) is 269 cm³/mol. The molecule has 0 saturated heterocycles. The Hall–Kier alpha value is -8.54. The first kappa shape index (κ1) is 38.0. The first-order chi connectivity index (χ1) is 32.7. The number of ether oxygens (including phenoxy) is 1. The van der Waals surface area contributed by atoms with Crippen molar-refractivity contribution in [3.8, 4) is 56.5 Å². The molecule has 1 aliphatic heterocycles. The summed E-state index contributed by atoms with van der Waals surface area (Å²) in [5.41, 5.74) is 14.1. The number of hydrogen-bond donors (Lipinski definition) is 0. The van der Waals surface area contributed by atoms with Gasteiger partial charge in [0.05, 0.1) is 50.3 Å². The molecule has 11 aromatic rings. The van der Waals surface area contributed by atoms with Crippen LogP contribution < -0.4 is 4.74 Å². The maximum atomic E-state index is 6.99. The van der Waals surface area contributed by atoms with E-state index in [9.17, 15) is 0 Å². The Balaban J connectivity index is 0.996. The molecule has 0 fully saturated rings. The van der Waals surface area contributed by atoms with Gasteiger partial charge in [-0.05, 0) is 78.6 Å². The van der Waals surface area contributed by atoms with Gasteiger partial charge in [0.1, 0.15) is 11.5 Å². The minimum absolute atomic E-state index is 0.0695. The summed E-state index contributed by atoms with van der Waals surface area (Å²) in [7, 11) is 0. The van der Waals surface area contributed by atoms with Crippen molar-refractivity contribution in [3.63, 3.8) is 0 Å². The van der Waals surface area contributed by atoms with Crippen molar-refractivity contribution in [1.29, 1.82) is 0 Å². The fourth-order valence-corrected chi connectivity index (χ4v) is 10.4. The molecule has 5 nitrogen and oxygen atoms in total. The molecule has 0 amide bonds. The van der Waals surface area contributed by atoms with E-state index in [0.717, 1.165) is 118 Å². The first-order valence-corrected chi connectivity index (χ1v) is 22.6. The number of aromatic nitrogens is 4. The second-order valence-electron chi connectivity index (χ2n) is 17.3. The van der Waals surface area contributed by atoms with Gasteiger partial charge in [-0.2, -0.15) is 0 Å². The third kappa shape index (κ3) is 6.16. The van der Waals surface area contributed by atoms with Crippen LogP contribution in [0.3, 0.4) is 0 Å². The van der Waals surface area contributed by atoms with Crippen molar-refractivity contribution in [1.82, 2.24) is 19.9 Å². The molecule has 4 aromatic heterocycles. The van der Waals surface area contributed by atoms with Crippen LogP contribution in [0.4, 0.5) is 0 Å². The molecule has 7 aromatic carbocycles. The van der Waals surface area contributed by atoms with Crippen molar-refractivity contribution in [3.05, 3.63) is 241 Å². The van der Waals surface area contributed by atoms with E-state index < -0.39 is 5.41 Å². The molecule has 66 heavy (non-hydrogen) atoms. The number of pyridine rings is 4. The summed E-state index contributed by atoms with van der Waals surface area (Å²) in [6.07, 6.45) is 9.87. The lowest BCUT2D eigenvalue weighted by Gasteiger charge is -2.46. The van der Waals surface area contributed by atoms with Gasteiger partial charge in [0.25, 0.3) is 0 Å². The molecular weight excluding hydrogens is 805 g/mol. The van der Waals surface area contributed by atoms with Crippen LogP contribution in [0.5, 0.6) is 11.5 Å². The van der Waals surface area contributed by atoms with E-state index in [4.69, 9.17) is 24.7 Å². The van der Waals surface area contributed by atoms with Gasteiger partial charge in [0.15, 0.2) is 0 Å². The maximum Gasteiger partial charge on any atom is 0.131 e. The third-order valence-corrected chi connectivity index (χ3v) is 13.6. The second kappa shape index (κ2) is 15.3. The average molecular weight is 845 g/mol. The van der Waals surface area contributed by atoms with Crippen LogP contribution in [0.25, 0.3) is 88.6 Å². The number of nitrogens with zero attached hydrogens (tertiary/aromatic N) is 4. The molecule has 0 saturated carbocycles. The second-order valence-corrected chi connectivity index (χ2v) is 17.3. The monoisotopic (exact) mass is 844 g/mol. The molecule has 2 aliphatic rings. The van der Waals surface area contributed by atoms with E-state index >= 15 is 0 Å². The van der Waals surface area contributed by atoms with Crippen LogP contribution in [0.1, 0.15) is 23.1 Å². The number of benzene rings is 7. The van der Waals surface area contributed by atoms with Crippen molar-refractivity contribution in [2.75, 3.05) is 0 Å². The van der Waals surface area contributed by atoms with E-state index in [1.54, 1.807) is 0 Å². The lowest BCUT2D eigenvalue weighted by molar-refractivity contribution is 0.367. The van der Waals surface area contributed by atoms with Crippen molar-refractivity contribution in [2.24, 2.45) is 5.92 Å². The highest BCUT2D eigenvalue weighted by atomic mass is 16.5.